The second-order valence-corrected chi connectivity index (χ2v) is 9.03. The van der Waals surface area contributed by atoms with E-state index in [1.54, 1.807) is 12.1 Å². The van der Waals surface area contributed by atoms with Gasteiger partial charge in [-0.3, -0.25) is 14.5 Å². The molecule has 1 saturated heterocycles. The van der Waals surface area contributed by atoms with Crippen LogP contribution < -0.4 is 40.0 Å². The number of amides is 2. The normalized spacial score (nSPS) is 19.4. The molecule has 0 bridgehead atoms. The molecule has 0 unspecified atom stereocenters. The van der Waals surface area contributed by atoms with Crippen molar-refractivity contribution in [2.24, 2.45) is 0 Å². The molecule has 8 nitrogen and oxygen atoms in total. The van der Waals surface area contributed by atoms with E-state index in [-0.39, 0.29) is 47.6 Å². The summed E-state index contributed by atoms with van der Waals surface area (Å²) in [7, 11) is 1.27. The number of aliphatic carboxylic acids is 1. The molecule has 0 spiro atoms. The summed E-state index contributed by atoms with van der Waals surface area (Å²) < 4.78 is 4.67. The Morgan fingerprint density at radius 3 is 2.53 bits per heavy atom. The third-order valence-corrected chi connectivity index (χ3v) is 7.20. The van der Waals surface area contributed by atoms with Crippen molar-refractivity contribution in [2.75, 3.05) is 12.9 Å². The fraction of sp³-hybridized carbons (Fsp3) is 0.238. The molecule has 2 aliphatic rings. The average molecular weight is 480 g/mol. The minimum Gasteiger partial charge on any atom is -0.543 e. The fourth-order valence-electron chi connectivity index (χ4n) is 3.55. The van der Waals surface area contributed by atoms with Gasteiger partial charge in [-0.25, -0.2) is 4.79 Å². The number of carboxylic acid groups (broad SMARTS) is 1. The minimum absolute atomic E-state index is 0. The third kappa shape index (κ3) is 4.65. The van der Waals surface area contributed by atoms with Crippen LogP contribution in [0.3, 0.4) is 0 Å². The molecule has 2 amide bonds. The number of β-lactam (4-membered cyclic amide) rings is 1. The van der Waals surface area contributed by atoms with Gasteiger partial charge in [-0.15, -0.1) is 23.1 Å². The number of carbonyl (C=O) groups is 4. The van der Waals surface area contributed by atoms with Crippen LogP contribution in [0, 0.1) is 0 Å². The number of thioether (sulfide) groups is 1. The predicted molar refractivity (Wildman–Crippen MR) is 113 cm³/mol. The molecule has 1 N–H and O–H groups in total. The first-order chi connectivity index (χ1) is 14.9. The molecule has 1 fully saturated rings. The molecular weight excluding hydrogens is 463 g/mol. The molecule has 2 aliphatic heterocycles. The van der Waals surface area contributed by atoms with Crippen LogP contribution in [0.1, 0.15) is 20.8 Å². The summed E-state index contributed by atoms with van der Waals surface area (Å²) in [6.07, 6.45) is 0.166. The van der Waals surface area contributed by atoms with Crippen molar-refractivity contribution in [2.45, 2.75) is 17.8 Å². The number of carbonyl (C=O) groups excluding carboxylic acids is 4. The summed E-state index contributed by atoms with van der Waals surface area (Å²) in [5.41, 5.74) is 1.12. The number of nitrogens with one attached hydrogen (secondary N) is 1. The Morgan fingerprint density at radius 1 is 1.22 bits per heavy atom. The molecule has 160 valence electrons. The number of methoxy groups -OCH3 is 1. The van der Waals surface area contributed by atoms with Gasteiger partial charge in [-0.2, -0.15) is 0 Å². The standard InChI is InChI=1S/C21H18N2O6S2.Na/c1-29-21(28)12-6-4-11(5-7-12)14-10-31-19-16(18(25)23(19)17(14)20(26)27)22-15(24)9-13-3-2-8-30-13;/h2-8,16,19H,9-10H2,1H3,(H,22,24)(H,26,27);/q;+1/p-1/t16-,19+;/m1./s1. The van der Waals surface area contributed by atoms with Gasteiger partial charge in [-0.1, -0.05) is 18.2 Å². The molecule has 0 aliphatic carbocycles. The first-order valence-corrected chi connectivity index (χ1v) is 11.2. The zero-order valence-electron chi connectivity index (χ0n) is 17.3. The number of hydrogen-bond donors (Lipinski definition) is 1. The van der Waals surface area contributed by atoms with E-state index in [0.717, 1.165) is 4.88 Å². The van der Waals surface area contributed by atoms with Gasteiger partial charge in [0.25, 0.3) is 5.91 Å². The largest absolute Gasteiger partial charge is 1.00 e. The van der Waals surface area contributed by atoms with E-state index in [4.69, 9.17) is 0 Å². The second kappa shape index (κ2) is 10.2. The number of fused-ring (bicyclic) bond motifs is 1. The third-order valence-electron chi connectivity index (χ3n) is 5.05. The Labute approximate surface area is 214 Å². The van der Waals surface area contributed by atoms with Crippen molar-refractivity contribution in [1.82, 2.24) is 10.2 Å². The maximum atomic E-state index is 12.7. The number of hydrogen-bond acceptors (Lipinski definition) is 8. The van der Waals surface area contributed by atoms with Gasteiger partial charge in [0.15, 0.2) is 0 Å². The van der Waals surface area contributed by atoms with Gasteiger partial charge in [0.1, 0.15) is 11.4 Å². The van der Waals surface area contributed by atoms with Crippen molar-refractivity contribution < 1.29 is 58.6 Å². The van der Waals surface area contributed by atoms with Crippen LogP contribution in [-0.2, 0) is 25.5 Å². The van der Waals surface area contributed by atoms with E-state index in [1.165, 1.54) is 47.2 Å². The molecule has 11 heteroatoms. The van der Waals surface area contributed by atoms with E-state index in [0.29, 0.717) is 22.5 Å². The first-order valence-electron chi connectivity index (χ1n) is 9.30. The molecule has 3 heterocycles. The van der Waals surface area contributed by atoms with E-state index >= 15 is 0 Å². The van der Waals surface area contributed by atoms with Crippen LogP contribution in [0.4, 0.5) is 0 Å². The predicted octanol–water partition coefficient (Wildman–Crippen LogP) is -2.36. The maximum Gasteiger partial charge on any atom is 1.00 e. The zero-order valence-corrected chi connectivity index (χ0v) is 21.0. The van der Waals surface area contributed by atoms with Crippen LogP contribution in [-0.4, -0.2) is 52.9 Å². The van der Waals surface area contributed by atoms with Crippen molar-refractivity contribution in [3.05, 3.63) is 63.5 Å². The average Bonchev–Trinajstić information content (AvgIpc) is 3.28. The van der Waals surface area contributed by atoms with E-state index < -0.39 is 29.3 Å². The maximum absolute atomic E-state index is 12.7. The molecule has 32 heavy (non-hydrogen) atoms. The van der Waals surface area contributed by atoms with Crippen molar-refractivity contribution in [3.8, 4) is 0 Å². The topological polar surface area (TPSA) is 116 Å². The van der Waals surface area contributed by atoms with Crippen LogP contribution in [0.2, 0.25) is 0 Å². The molecule has 2 atom stereocenters. The number of benzene rings is 1. The van der Waals surface area contributed by atoms with E-state index in [2.05, 4.69) is 10.1 Å². The summed E-state index contributed by atoms with van der Waals surface area (Å²) in [5.74, 6) is -2.43. The molecule has 1 aromatic carbocycles. The summed E-state index contributed by atoms with van der Waals surface area (Å²) in [6, 6.07) is 9.17. The van der Waals surface area contributed by atoms with Crippen molar-refractivity contribution in [3.63, 3.8) is 0 Å². The van der Waals surface area contributed by atoms with Gasteiger partial charge < -0.3 is 20.0 Å². The number of rotatable bonds is 6. The zero-order chi connectivity index (χ0) is 22.1. The Balaban J connectivity index is 0.00000289. The summed E-state index contributed by atoms with van der Waals surface area (Å²) in [4.78, 5) is 50.6. The molecule has 0 radical (unpaired) electrons. The van der Waals surface area contributed by atoms with Gasteiger partial charge in [0.2, 0.25) is 5.91 Å². The van der Waals surface area contributed by atoms with Crippen LogP contribution in [0.15, 0.2) is 47.5 Å². The fourth-order valence-corrected chi connectivity index (χ4v) is 5.63. The summed E-state index contributed by atoms with van der Waals surface area (Å²) >= 11 is 2.82. The molecule has 4 rings (SSSR count). The van der Waals surface area contributed by atoms with Crippen molar-refractivity contribution >= 4 is 52.4 Å². The number of carboxylic acids is 1. The first kappa shape index (κ1) is 24.5. The monoisotopic (exact) mass is 480 g/mol. The number of thiophene rings is 1. The molecule has 1 aromatic heterocycles. The van der Waals surface area contributed by atoms with Gasteiger partial charge in [0, 0.05) is 10.6 Å². The Bertz CT molecular complexity index is 1080. The Morgan fingerprint density at radius 2 is 1.94 bits per heavy atom. The van der Waals surface area contributed by atoms with E-state index in [1.807, 2.05) is 17.5 Å². The number of ether oxygens (including phenoxy) is 1. The van der Waals surface area contributed by atoms with Crippen molar-refractivity contribution in [1.29, 1.82) is 0 Å². The number of nitrogens with zero attached hydrogens (tertiary/aromatic N) is 1. The molecule has 0 saturated carbocycles. The van der Waals surface area contributed by atoms with Crippen LogP contribution in [0.25, 0.3) is 5.57 Å². The minimum atomic E-state index is -1.46. The SMILES string of the molecule is COC(=O)c1ccc(C2=C(C(=O)[O-])N3C(=O)[C@@H](NC(=O)Cc4cccs4)[C@@H]3SC2)cc1.[Na+]. The van der Waals surface area contributed by atoms with Crippen LogP contribution in [0.5, 0.6) is 0 Å². The van der Waals surface area contributed by atoms with Gasteiger partial charge in [0.05, 0.1) is 30.8 Å². The van der Waals surface area contributed by atoms with E-state index in [9.17, 15) is 24.3 Å². The number of esters is 1. The van der Waals surface area contributed by atoms with Gasteiger partial charge in [-0.05, 0) is 34.7 Å². The molecule has 2 aromatic rings. The molecular formula is C21H17N2NaO6S2. The second-order valence-electron chi connectivity index (χ2n) is 6.89. The summed E-state index contributed by atoms with van der Waals surface area (Å²) in [5, 5.41) is 16.0. The van der Waals surface area contributed by atoms with Gasteiger partial charge >= 0.3 is 35.5 Å². The van der Waals surface area contributed by atoms with Crippen LogP contribution >= 0.6 is 23.1 Å². The smallest absolute Gasteiger partial charge is 0.543 e. The Kier molecular flexibility index (Phi) is 7.84. The summed E-state index contributed by atoms with van der Waals surface area (Å²) in [6.45, 7) is 0. The quantitative estimate of drug-likeness (QED) is 0.279. The Hall–Kier alpha value is -2.11.